The number of likely N-dealkylation sites (tertiary alicyclic amines) is 1. The highest BCUT2D eigenvalue weighted by atomic mass is 16.3. The first kappa shape index (κ1) is 21.4. The average Bonchev–Trinajstić information content (AvgIpc) is 3.20. The second kappa shape index (κ2) is 11.0. The molecule has 0 spiro atoms. The van der Waals surface area contributed by atoms with E-state index >= 15 is 0 Å². The highest BCUT2D eigenvalue weighted by molar-refractivity contribution is 5.79. The van der Waals surface area contributed by atoms with Gasteiger partial charge in [-0.15, -0.1) is 0 Å². The topological polar surface area (TPSA) is 65.7 Å². The zero-order chi connectivity index (χ0) is 20.5. The smallest absolute Gasteiger partial charge is 0.226 e. The maximum absolute atomic E-state index is 5.63. The van der Waals surface area contributed by atoms with E-state index < -0.39 is 0 Å². The van der Waals surface area contributed by atoms with Crippen LogP contribution in [0.5, 0.6) is 0 Å². The van der Waals surface area contributed by atoms with Crippen molar-refractivity contribution >= 4 is 5.96 Å². The van der Waals surface area contributed by atoms with Crippen LogP contribution in [0, 0.1) is 12.8 Å². The Labute approximate surface area is 174 Å². The number of piperidine rings is 1. The molecule has 2 heterocycles. The maximum Gasteiger partial charge on any atom is 0.226 e. The summed E-state index contributed by atoms with van der Waals surface area (Å²) >= 11 is 0. The maximum atomic E-state index is 5.63. The molecule has 1 fully saturated rings. The van der Waals surface area contributed by atoms with Crippen LogP contribution < -0.4 is 10.6 Å². The number of oxazole rings is 1. The van der Waals surface area contributed by atoms with Gasteiger partial charge in [0.05, 0.1) is 5.69 Å². The lowest BCUT2D eigenvalue weighted by atomic mass is 9.99. The number of aromatic nitrogens is 1. The SMILES string of the molecule is CN=C(NCCCN1CCC(C)CC1)NCCc1coc(-c2ccc(C)cc2)n1. The minimum atomic E-state index is 0.676. The highest BCUT2D eigenvalue weighted by Crippen LogP contribution is 2.19. The molecule has 1 aromatic heterocycles. The first-order valence-corrected chi connectivity index (χ1v) is 10.8. The Morgan fingerprint density at radius 3 is 2.62 bits per heavy atom. The Morgan fingerprint density at radius 2 is 1.90 bits per heavy atom. The molecule has 1 saturated heterocycles. The van der Waals surface area contributed by atoms with Crippen LogP contribution in [0.4, 0.5) is 0 Å². The van der Waals surface area contributed by atoms with E-state index in [0.717, 1.165) is 55.6 Å². The van der Waals surface area contributed by atoms with Crippen LogP contribution in [-0.2, 0) is 6.42 Å². The summed E-state index contributed by atoms with van der Waals surface area (Å²) < 4.78 is 5.63. The number of rotatable bonds is 8. The number of nitrogens with zero attached hydrogens (tertiary/aromatic N) is 3. The van der Waals surface area contributed by atoms with Gasteiger partial charge in [0.25, 0.3) is 0 Å². The van der Waals surface area contributed by atoms with Crippen LogP contribution >= 0.6 is 0 Å². The zero-order valence-corrected chi connectivity index (χ0v) is 18.1. The molecule has 0 radical (unpaired) electrons. The van der Waals surface area contributed by atoms with Crippen molar-refractivity contribution in [1.82, 2.24) is 20.5 Å². The van der Waals surface area contributed by atoms with Crippen molar-refractivity contribution < 1.29 is 4.42 Å². The molecule has 158 valence electrons. The van der Waals surface area contributed by atoms with Crippen molar-refractivity contribution in [3.8, 4) is 11.5 Å². The third kappa shape index (κ3) is 6.89. The van der Waals surface area contributed by atoms with Crippen LogP contribution in [0.25, 0.3) is 11.5 Å². The second-order valence-electron chi connectivity index (χ2n) is 8.06. The summed E-state index contributed by atoms with van der Waals surface area (Å²) in [7, 11) is 1.81. The van der Waals surface area contributed by atoms with Gasteiger partial charge in [0.1, 0.15) is 6.26 Å². The Morgan fingerprint density at radius 1 is 1.17 bits per heavy atom. The molecule has 2 aromatic rings. The van der Waals surface area contributed by atoms with Crippen LogP contribution in [0.15, 0.2) is 39.9 Å². The van der Waals surface area contributed by atoms with Gasteiger partial charge >= 0.3 is 0 Å². The van der Waals surface area contributed by atoms with E-state index in [-0.39, 0.29) is 0 Å². The fourth-order valence-electron chi connectivity index (χ4n) is 3.58. The molecule has 6 nitrogen and oxygen atoms in total. The van der Waals surface area contributed by atoms with E-state index in [1.807, 2.05) is 19.2 Å². The van der Waals surface area contributed by atoms with Crippen LogP contribution in [0.2, 0.25) is 0 Å². The summed E-state index contributed by atoms with van der Waals surface area (Å²) in [5, 5.41) is 6.77. The summed E-state index contributed by atoms with van der Waals surface area (Å²) in [4.78, 5) is 11.5. The molecule has 1 aromatic carbocycles. The van der Waals surface area contributed by atoms with E-state index in [2.05, 4.69) is 51.5 Å². The first-order chi connectivity index (χ1) is 14.1. The Hall–Kier alpha value is -2.34. The van der Waals surface area contributed by atoms with Crippen molar-refractivity contribution in [3.63, 3.8) is 0 Å². The lowest BCUT2D eigenvalue weighted by molar-refractivity contribution is 0.191. The molecule has 29 heavy (non-hydrogen) atoms. The molecular formula is C23H35N5O. The lowest BCUT2D eigenvalue weighted by Gasteiger charge is -2.30. The number of aryl methyl sites for hydroxylation is 1. The van der Waals surface area contributed by atoms with Crippen molar-refractivity contribution in [1.29, 1.82) is 0 Å². The summed E-state index contributed by atoms with van der Waals surface area (Å²) in [6.07, 6.45) is 6.35. The van der Waals surface area contributed by atoms with E-state index in [1.54, 1.807) is 6.26 Å². The standard InChI is InChI=1S/C23H35N5O/c1-18-5-7-20(8-6-18)22-27-21(17-29-22)9-13-26-23(24-3)25-12-4-14-28-15-10-19(2)11-16-28/h5-8,17,19H,4,9-16H2,1-3H3,(H2,24,25,26). The van der Waals surface area contributed by atoms with Crippen LogP contribution in [0.3, 0.4) is 0 Å². The largest absolute Gasteiger partial charge is 0.444 e. The summed E-state index contributed by atoms with van der Waals surface area (Å²) in [6, 6.07) is 8.23. The fourth-order valence-corrected chi connectivity index (χ4v) is 3.58. The number of aliphatic imine (C=N–C) groups is 1. The number of guanidine groups is 1. The van der Waals surface area contributed by atoms with E-state index in [4.69, 9.17) is 4.42 Å². The van der Waals surface area contributed by atoms with E-state index in [1.165, 1.54) is 31.5 Å². The molecule has 1 aliphatic rings. The molecule has 0 bridgehead atoms. The minimum absolute atomic E-state index is 0.676. The second-order valence-corrected chi connectivity index (χ2v) is 8.06. The van der Waals surface area contributed by atoms with Crippen molar-refractivity contribution in [2.45, 2.75) is 39.5 Å². The average molecular weight is 398 g/mol. The molecule has 3 rings (SSSR count). The zero-order valence-electron chi connectivity index (χ0n) is 18.1. The minimum Gasteiger partial charge on any atom is -0.444 e. The number of nitrogens with one attached hydrogen (secondary N) is 2. The van der Waals surface area contributed by atoms with Gasteiger partial charge < -0.3 is 20.0 Å². The normalized spacial score (nSPS) is 16.2. The monoisotopic (exact) mass is 397 g/mol. The van der Waals surface area contributed by atoms with Gasteiger partial charge in [-0.2, -0.15) is 0 Å². The van der Waals surface area contributed by atoms with E-state index in [0.29, 0.717) is 5.89 Å². The van der Waals surface area contributed by atoms with Gasteiger partial charge in [-0.3, -0.25) is 4.99 Å². The van der Waals surface area contributed by atoms with Crippen molar-refractivity contribution in [3.05, 3.63) is 41.8 Å². The highest BCUT2D eigenvalue weighted by Gasteiger charge is 2.14. The number of benzene rings is 1. The van der Waals surface area contributed by atoms with E-state index in [9.17, 15) is 0 Å². The predicted molar refractivity (Wildman–Crippen MR) is 119 cm³/mol. The van der Waals surface area contributed by atoms with Gasteiger partial charge in [-0.1, -0.05) is 24.6 Å². The van der Waals surface area contributed by atoms with Crippen LogP contribution in [-0.4, -0.2) is 55.6 Å². The molecule has 0 aliphatic carbocycles. The third-order valence-electron chi connectivity index (χ3n) is 5.57. The molecule has 6 heteroatoms. The molecule has 1 aliphatic heterocycles. The number of hydrogen-bond donors (Lipinski definition) is 2. The van der Waals surface area contributed by atoms with Gasteiger partial charge in [-0.05, 0) is 63.9 Å². The molecule has 0 unspecified atom stereocenters. The van der Waals surface area contributed by atoms with Gasteiger partial charge in [-0.25, -0.2) is 4.98 Å². The predicted octanol–water partition coefficient (Wildman–Crippen LogP) is 3.48. The quantitative estimate of drug-likeness (QED) is 0.406. The lowest BCUT2D eigenvalue weighted by Crippen LogP contribution is -2.40. The number of hydrogen-bond acceptors (Lipinski definition) is 4. The Balaban J connectivity index is 1.33. The molecule has 0 saturated carbocycles. The summed E-state index contributed by atoms with van der Waals surface area (Å²) in [5.41, 5.74) is 3.19. The van der Waals surface area contributed by atoms with Gasteiger partial charge in [0, 0.05) is 32.1 Å². The molecule has 2 N–H and O–H groups in total. The molecule has 0 amide bonds. The molecular weight excluding hydrogens is 362 g/mol. The van der Waals surface area contributed by atoms with Gasteiger partial charge in [0.15, 0.2) is 5.96 Å². The summed E-state index contributed by atoms with van der Waals surface area (Å²) in [6.45, 7) is 9.80. The van der Waals surface area contributed by atoms with Crippen LogP contribution in [0.1, 0.15) is 37.4 Å². The van der Waals surface area contributed by atoms with Gasteiger partial charge in [0.2, 0.25) is 5.89 Å². The van der Waals surface area contributed by atoms with Crippen molar-refractivity contribution in [2.75, 3.05) is 39.8 Å². The molecule has 0 atom stereocenters. The van der Waals surface area contributed by atoms with Crippen molar-refractivity contribution in [2.24, 2.45) is 10.9 Å². The fraction of sp³-hybridized carbons (Fsp3) is 0.565. The summed E-state index contributed by atoms with van der Waals surface area (Å²) in [5.74, 6) is 2.42. The Bertz CT molecular complexity index is 760. The first-order valence-electron chi connectivity index (χ1n) is 10.8. The third-order valence-corrected chi connectivity index (χ3v) is 5.57. The Kier molecular flexibility index (Phi) is 8.11.